The Morgan fingerprint density at radius 2 is 1.64 bits per heavy atom. The molecule has 0 amide bonds. The van der Waals surface area contributed by atoms with Crippen LogP contribution in [0.4, 0.5) is 22.0 Å². The number of benzene rings is 3. The number of hydrogen-bond donors (Lipinski definition) is 0. The van der Waals surface area contributed by atoms with E-state index in [1.54, 1.807) is 6.07 Å². The first-order valence-corrected chi connectivity index (χ1v) is 12.1. The van der Waals surface area contributed by atoms with Gasteiger partial charge in [0.05, 0.1) is 5.56 Å². The van der Waals surface area contributed by atoms with Gasteiger partial charge < -0.3 is 4.74 Å². The first-order chi connectivity index (χ1) is 17.4. The minimum Gasteiger partial charge on any atom is -0.428 e. The van der Waals surface area contributed by atoms with Gasteiger partial charge in [-0.15, -0.1) is 6.58 Å². The number of allylic oxidation sites excluding steroid dienone is 1. The maximum atomic E-state index is 14.3. The van der Waals surface area contributed by atoms with Crippen LogP contribution in [0, 0.1) is 41.1 Å². The summed E-state index contributed by atoms with van der Waals surface area (Å²) in [5.74, 6) is 0.418. The van der Waals surface area contributed by atoms with Gasteiger partial charge in [-0.2, -0.15) is 13.2 Å². The molecule has 4 rings (SSSR count). The summed E-state index contributed by atoms with van der Waals surface area (Å²) in [4.78, 5) is 0. The second kappa shape index (κ2) is 11.6. The van der Waals surface area contributed by atoms with Crippen LogP contribution in [0.5, 0.6) is 5.75 Å². The largest absolute Gasteiger partial charge is 0.428 e. The van der Waals surface area contributed by atoms with Crippen LogP contribution < -0.4 is 4.74 Å². The Morgan fingerprint density at radius 3 is 2.36 bits per heavy atom. The number of alkyl halides is 2. The van der Waals surface area contributed by atoms with Crippen molar-refractivity contribution in [3.8, 4) is 17.6 Å². The van der Waals surface area contributed by atoms with Gasteiger partial charge in [-0.3, -0.25) is 0 Å². The van der Waals surface area contributed by atoms with Crippen molar-refractivity contribution in [3.63, 3.8) is 0 Å². The molecule has 1 aliphatic rings. The van der Waals surface area contributed by atoms with Crippen LogP contribution in [0.1, 0.15) is 55.2 Å². The summed E-state index contributed by atoms with van der Waals surface area (Å²) in [6.07, 6.45) is 10.3. The molecule has 0 aliphatic heterocycles. The van der Waals surface area contributed by atoms with Crippen molar-refractivity contribution in [2.45, 2.75) is 51.6 Å². The average Bonchev–Trinajstić information content (AvgIpc) is 2.87. The number of rotatable bonds is 7. The molecule has 188 valence electrons. The zero-order valence-electron chi connectivity index (χ0n) is 19.8. The minimum absolute atomic E-state index is 0.553. The van der Waals surface area contributed by atoms with Crippen LogP contribution in [-0.2, 0) is 6.42 Å². The summed E-state index contributed by atoms with van der Waals surface area (Å²) in [5, 5.41) is 1.80. The van der Waals surface area contributed by atoms with E-state index < -0.39 is 35.4 Å². The Kier molecular flexibility index (Phi) is 8.30. The van der Waals surface area contributed by atoms with Crippen LogP contribution in [0.15, 0.2) is 55.1 Å². The van der Waals surface area contributed by atoms with Crippen molar-refractivity contribution in [2.24, 2.45) is 11.8 Å². The Hall–Kier alpha value is -3.33. The number of halogens is 5. The fourth-order valence-corrected chi connectivity index (χ4v) is 4.96. The van der Waals surface area contributed by atoms with Crippen LogP contribution in [0.25, 0.3) is 10.8 Å². The number of aryl methyl sites for hydroxylation is 1. The molecule has 36 heavy (non-hydrogen) atoms. The molecule has 3 aromatic rings. The summed E-state index contributed by atoms with van der Waals surface area (Å²) in [6.45, 7) is 0.365. The quantitative estimate of drug-likeness (QED) is 0.137. The molecule has 0 unspecified atom stereocenters. The first-order valence-electron chi connectivity index (χ1n) is 12.1. The van der Waals surface area contributed by atoms with E-state index in [1.165, 1.54) is 31.2 Å². The molecule has 1 saturated carbocycles. The SMILES string of the molecule is C=CCC1CCC(CCc2ccc3c(C#Cc4cc(F)c(OC(F)F)c(F)c4F)cccc3c2)CC1. The highest BCUT2D eigenvalue weighted by Crippen LogP contribution is 2.34. The molecule has 0 radical (unpaired) electrons. The lowest BCUT2D eigenvalue weighted by Gasteiger charge is -2.27. The van der Waals surface area contributed by atoms with Gasteiger partial charge in [0.1, 0.15) is 0 Å². The highest BCUT2D eigenvalue weighted by molar-refractivity contribution is 5.88. The van der Waals surface area contributed by atoms with Gasteiger partial charge in [-0.05, 0) is 72.4 Å². The fraction of sp³-hybridized carbons (Fsp3) is 0.333. The molecule has 0 N–H and O–H groups in total. The van der Waals surface area contributed by atoms with Gasteiger partial charge in [-0.25, -0.2) is 8.78 Å². The maximum Gasteiger partial charge on any atom is 0.387 e. The van der Waals surface area contributed by atoms with E-state index in [9.17, 15) is 22.0 Å². The number of hydrogen-bond acceptors (Lipinski definition) is 1. The third kappa shape index (κ3) is 6.07. The summed E-state index contributed by atoms with van der Waals surface area (Å²) in [7, 11) is 0. The molecule has 0 spiro atoms. The summed E-state index contributed by atoms with van der Waals surface area (Å²) in [5.41, 5.74) is 1.21. The second-order valence-electron chi connectivity index (χ2n) is 9.30. The maximum absolute atomic E-state index is 14.3. The summed E-state index contributed by atoms with van der Waals surface area (Å²) < 4.78 is 70.7. The van der Waals surface area contributed by atoms with Gasteiger partial charge in [-0.1, -0.05) is 61.1 Å². The lowest BCUT2D eigenvalue weighted by Crippen LogP contribution is -2.14. The third-order valence-electron chi connectivity index (χ3n) is 6.91. The Labute approximate surface area is 208 Å². The fourth-order valence-electron chi connectivity index (χ4n) is 4.96. The monoisotopic (exact) mass is 498 g/mol. The molecular formula is C30H27F5O. The predicted molar refractivity (Wildman–Crippen MR) is 131 cm³/mol. The number of fused-ring (bicyclic) bond motifs is 1. The van der Waals surface area contributed by atoms with E-state index in [-0.39, 0.29) is 0 Å². The molecule has 3 aromatic carbocycles. The normalized spacial score (nSPS) is 17.6. The number of ether oxygens (including phenoxy) is 1. The molecule has 0 saturated heterocycles. The van der Waals surface area contributed by atoms with Crippen LogP contribution >= 0.6 is 0 Å². The first kappa shape index (κ1) is 25.8. The van der Waals surface area contributed by atoms with Crippen LogP contribution in [0.3, 0.4) is 0 Å². The van der Waals surface area contributed by atoms with Crippen molar-refractivity contribution < 1.29 is 26.7 Å². The molecule has 1 nitrogen and oxygen atoms in total. The molecular weight excluding hydrogens is 471 g/mol. The molecule has 0 atom stereocenters. The van der Waals surface area contributed by atoms with Crippen molar-refractivity contribution >= 4 is 10.8 Å². The highest BCUT2D eigenvalue weighted by Gasteiger charge is 2.22. The molecule has 0 aromatic heterocycles. The van der Waals surface area contributed by atoms with Crippen LogP contribution in [-0.4, -0.2) is 6.61 Å². The lowest BCUT2D eigenvalue weighted by atomic mass is 9.78. The van der Waals surface area contributed by atoms with Gasteiger partial charge in [0, 0.05) is 5.56 Å². The van der Waals surface area contributed by atoms with E-state index in [2.05, 4.69) is 29.2 Å². The van der Waals surface area contributed by atoms with E-state index in [1.807, 2.05) is 30.3 Å². The Balaban J connectivity index is 1.49. The third-order valence-corrected chi connectivity index (χ3v) is 6.91. The van der Waals surface area contributed by atoms with E-state index in [0.717, 1.165) is 41.9 Å². The Morgan fingerprint density at radius 1 is 0.917 bits per heavy atom. The topological polar surface area (TPSA) is 9.23 Å². The van der Waals surface area contributed by atoms with Gasteiger partial charge >= 0.3 is 6.61 Å². The Bertz CT molecular complexity index is 1300. The molecule has 1 aliphatic carbocycles. The van der Waals surface area contributed by atoms with E-state index >= 15 is 0 Å². The van der Waals surface area contributed by atoms with Gasteiger partial charge in [0.25, 0.3) is 0 Å². The van der Waals surface area contributed by atoms with E-state index in [4.69, 9.17) is 0 Å². The zero-order chi connectivity index (χ0) is 25.7. The molecule has 6 heteroatoms. The predicted octanol–water partition coefficient (Wildman–Crippen LogP) is 8.57. The van der Waals surface area contributed by atoms with Crippen molar-refractivity contribution in [3.05, 3.63) is 89.3 Å². The van der Waals surface area contributed by atoms with Crippen LogP contribution in [0.2, 0.25) is 0 Å². The molecule has 0 bridgehead atoms. The van der Waals surface area contributed by atoms with Crippen molar-refractivity contribution in [1.82, 2.24) is 0 Å². The minimum atomic E-state index is -3.48. The molecule has 0 heterocycles. The standard InChI is InChI=1S/C30H27F5O/c1-2-4-19-7-9-20(10-8-19)11-12-21-13-16-25-22(5-3-6-23(25)17-21)14-15-24-18-26(31)29(36-30(34)35)28(33)27(24)32/h2-3,5-6,13,16-20,30H,1,4,7-12H2. The van der Waals surface area contributed by atoms with Gasteiger partial charge in [0.15, 0.2) is 17.4 Å². The van der Waals surface area contributed by atoms with Crippen molar-refractivity contribution in [1.29, 1.82) is 0 Å². The second-order valence-corrected chi connectivity index (χ2v) is 9.30. The van der Waals surface area contributed by atoms with Gasteiger partial charge in [0.2, 0.25) is 5.82 Å². The van der Waals surface area contributed by atoms with E-state index in [0.29, 0.717) is 11.6 Å². The summed E-state index contributed by atoms with van der Waals surface area (Å²) in [6, 6.07) is 12.2. The average molecular weight is 499 g/mol. The lowest BCUT2D eigenvalue weighted by molar-refractivity contribution is -0.0550. The summed E-state index contributed by atoms with van der Waals surface area (Å²) >= 11 is 0. The molecule has 1 fully saturated rings. The smallest absolute Gasteiger partial charge is 0.387 e. The highest BCUT2D eigenvalue weighted by atomic mass is 19.3. The van der Waals surface area contributed by atoms with Crippen molar-refractivity contribution in [2.75, 3.05) is 0 Å². The zero-order valence-corrected chi connectivity index (χ0v) is 19.8.